The third kappa shape index (κ3) is 3.89. The summed E-state index contributed by atoms with van der Waals surface area (Å²) < 4.78 is 0. The molecule has 2 rings (SSSR count). The lowest BCUT2D eigenvalue weighted by molar-refractivity contribution is 0.104. The van der Waals surface area contributed by atoms with Gasteiger partial charge >= 0.3 is 0 Å². The summed E-state index contributed by atoms with van der Waals surface area (Å²) in [6.07, 6.45) is 5.18. The van der Waals surface area contributed by atoms with Crippen molar-refractivity contribution in [3.63, 3.8) is 0 Å². The van der Waals surface area contributed by atoms with Gasteiger partial charge in [-0.3, -0.25) is 4.79 Å². The Bertz CT molecular complexity index is 648. The Morgan fingerprint density at radius 3 is 2.45 bits per heavy atom. The van der Waals surface area contributed by atoms with Crippen LogP contribution in [0.4, 0.5) is 0 Å². The summed E-state index contributed by atoms with van der Waals surface area (Å²) in [5, 5.41) is 1.15. The third-order valence-corrected chi connectivity index (χ3v) is 4.07. The van der Waals surface area contributed by atoms with E-state index < -0.39 is 0 Å². The third-order valence-electron chi connectivity index (χ3n) is 2.75. The van der Waals surface area contributed by atoms with E-state index in [4.69, 9.17) is 23.2 Å². The normalized spacial score (nSPS) is 10.9. The van der Waals surface area contributed by atoms with Crippen LogP contribution < -0.4 is 0 Å². The molecule has 0 amide bonds. The van der Waals surface area contributed by atoms with Gasteiger partial charge < -0.3 is 0 Å². The highest BCUT2D eigenvalue weighted by molar-refractivity contribution is 7.98. The largest absolute Gasteiger partial charge is 0.289 e. The van der Waals surface area contributed by atoms with E-state index >= 15 is 0 Å². The Morgan fingerprint density at radius 1 is 1.10 bits per heavy atom. The second-order valence-electron chi connectivity index (χ2n) is 4.09. The van der Waals surface area contributed by atoms with Crippen molar-refractivity contribution in [2.75, 3.05) is 6.26 Å². The Hall–Kier alpha value is -1.22. The molecule has 0 N–H and O–H groups in total. The molecule has 0 saturated heterocycles. The van der Waals surface area contributed by atoms with E-state index in [1.807, 2.05) is 30.5 Å². The number of carbonyl (C=O) groups excluding carboxylic acids is 1. The fourth-order valence-electron chi connectivity index (χ4n) is 1.66. The van der Waals surface area contributed by atoms with E-state index in [2.05, 4.69) is 0 Å². The van der Waals surface area contributed by atoms with Crippen LogP contribution in [0.1, 0.15) is 15.9 Å². The van der Waals surface area contributed by atoms with Crippen molar-refractivity contribution >= 4 is 46.8 Å². The van der Waals surface area contributed by atoms with E-state index in [1.54, 1.807) is 36.0 Å². The summed E-state index contributed by atoms with van der Waals surface area (Å²) in [6, 6.07) is 12.6. The maximum Gasteiger partial charge on any atom is 0.185 e. The molecule has 20 heavy (non-hydrogen) atoms. The lowest BCUT2D eigenvalue weighted by Gasteiger charge is -2.00. The molecule has 0 heterocycles. The van der Waals surface area contributed by atoms with Crippen LogP contribution in [0.15, 0.2) is 53.4 Å². The monoisotopic (exact) mass is 322 g/mol. The van der Waals surface area contributed by atoms with Crippen molar-refractivity contribution in [3.05, 3.63) is 69.7 Å². The van der Waals surface area contributed by atoms with Crippen molar-refractivity contribution in [1.29, 1.82) is 0 Å². The van der Waals surface area contributed by atoms with Crippen LogP contribution in [0.2, 0.25) is 10.0 Å². The van der Waals surface area contributed by atoms with E-state index in [-0.39, 0.29) is 5.78 Å². The summed E-state index contributed by atoms with van der Waals surface area (Å²) in [5.74, 6) is -0.0614. The molecule has 2 aromatic rings. The van der Waals surface area contributed by atoms with Gasteiger partial charge in [0.25, 0.3) is 0 Å². The molecular formula is C16H12Cl2OS. The van der Waals surface area contributed by atoms with Gasteiger partial charge in [-0.2, -0.15) is 0 Å². The van der Waals surface area contributed by atoms with Crippen molar-refractivity contribution < 1.29 is 4.79 Å². The minimum atomic E-state index is -0.0614. The highest BCUT2D eigenvalue weighted by Gasteiger charge is 2.03. The maximum absolute atomic E-state index is 12.0. The number of thioether (sulfide) groups is 1. The molecule has 102 valence electrons. The van der Waals surface area contributed by atoms with Gasteiger partial charge in [-0.1, -0.05) is 23.2 Å². The second-order valence-corrected chi connectivity index (χ2v) is 5.82. The molecule has 0 saturated carbocycles. The van der Waals surface area contributed by atoms with Crippen LogP contribution >= 0.6 is 35.0 Å². The first-order chi connectivity index (χ1) is 9.60. The van der Waals surface area contributed by atoms with Gasteiger partial charge in [0.1, 0.15) is 0 Å². The van der Waals surface area contributed by atoms with Gasteiger partial charge in [-0.25, -0.2) is 0 Å². The van der Waals surface area contributed by atoms with Crippen LogP contribution in [-0.4, -0.2) is 12.0 Å². The smallest absolute Gasteiger partial charge is 0.185 e. The van der Waals surface area contributed by atoms with Gasteiger partial charge in [0.2, 0.25) is 0 Å². The van der Waals surface area contributed by atoms with Crippen LogP contribution in [0.3, 0.4) is 0 Å². The molecule has 0 fully saturated rings. The van der Waals surface area contributed by atoms with Crippen molar-refractivity contribution in [2.45, 2.75) is 4.90 Å². The van der Waals surface area contributed by atoms with Crippen LogP contribution in [0, 0.1) is 0 Å². The second kappa shape index (κ2) is 6.98. The average molecular weight is 323 g/mol. The Balaban J connectivity index is 2.17. The number of carbonyl (C=O) groups is 1. The molecule has 0 bridgehead atoms. The van der Waals surface area contributed by atoms with Gasteiger partial charge in [-0.05, 0) is 66.4 Å². The molecule has 2 aromatic carbocycles. The summed E-state index contributed by atoms with van der Waals surface area (Å²) in [7, 11) is 0. The molecule has 0 aliphatic heterocycles. The minimum absolute atomic E-state index is 0.0614. The van der Waals surface area contributed by atoms with Gasteiger partial charge in [0, 0.05) is 20.5 Å². The summed E-state index contributed by atoms with van der Waals surface area (Å²) in [6.45, 7) is 0. The van der Waals surface area contributed by atoms with Gasteiger partial charge in [0.05, 0.1) is 0 Å². The van der Waals surface area contributed by atoms with Gasteiger partial charge in [0.15, 0.2) is 5.78 Å². The molecule has 0 radical (unpaired) electrons. The van der Waals surface area contributed by atoms with Gasteiger partial charge in [-0.15, -0.1) is 11.8 Å². The topological polar surface area (TPSA) is 17.1 Å². The zero-order chi connectivity index (χ0) is 14.5. The molecule has 0 spiro atoms. The molecule has 0 unspecified atom stereocenters. The fraction of sp³-hybridized carbons (Fsp3) is 0.0625. The molecular weight excluding hydrogens is 311 g/mol. The summed E-state index contributed by atoms with van der Waals surface area (Å²) >= 11 is 13.6. The molecule has 0 atom stereocenters. The number of benzene rings is 2. The maximum atomic E-state index is 12.0. The first-order valence-corrected chi connectivity index (χ1v) is 7.90. The number of allylic oxidation sites excluding steroid dienone is 1. The molecule has 0 aliphatic carbocycles. The van der Waals surface area contributed by atoms with E-state index in [0.29, 0.717) is 15.6 Å². The number of hydrogen-bond donors (Lipinski definition) is 0. The number of ketones is 1. The first-order valence-electron chi connectivity index (χ1n) is 5.91. The van der Waals surface area contributed by atoms with Crippen LogP contribution in [0.25, 0.3) is 6.08 Å². The van der Waals surface area contributed by atoms with Crippen LogP contribution in [0.5, 0.6) is 0 Å². The van der Waals surface area contributed by atoms with Crippen molar-refractivity contribution in [1.82, 2.24) is 0 Å². The Kier molecular flexibility index (Phi) is 5.30. The summed E-state index contributed by atoms with van der Waals surface area (Å²) in [5.41, 5.74) is 1.38. The van der Waals surface area contributed by atoms with E-state index in [9.17, 15) is 4.79 Å². The molecule has 0 aromatic heterocycles. The molecule has 0 aliphatic rings. The van der Waals surface area contributed by atoms with E-state index in [1.165, 1.54) is 6.08 Å². The van der Waals surface area contributed by atoms with Crippen LogP contribution in [-0.2, 0) is 0 Å². The minimum Gasteiger partial charge on any atom is -0.289 e. The Labute approximate surface area is 132 Å². The van der Waals surface area contributed by atoms with Crippen molar-refractivity contribution in [2.24, 2.45) is 0 Å². The number of hydrogen-bond acceptors (Lipinski definition) is 2. The zero-order valence-electron chi connectivity index (χ0n) is 10.8. The highest BCUT2D eigenvalue weighted by Crippen LogP contribution is 2.22. The predicted octanol–water partition coefficient (Wildman–Crippen LogP) is 5.61. The fourth-order valence-corrected chi connectivity index (χ4v) is 2.43. The standard InChI is InChI=1S/C16H12Cl2OS/c1-20-14-6-2-11(3-7-14)16(19)9-4-12-10-13(17)5-8-15(12)18/h2-10H,1H3. The number of rotatable bonds is 4. The van der Waals surface area contributed by atoms with Crippen molar-refractivity contribution in [3.8, 4) is 0 Å². The van der Waals surface area contributed by atoms with E-state index in [0.717, 1.165) is 10.5 Å². The quantitative estimate of drug-likeness (QED) is 0.413. The molecule has 4 heteroatoms. The highest BCUT2D eigenvalue weighted by atomic mass is 35.5. The number of halogens is 2. The average Bonchev–Trinajstić information content (AvgIpc) is 2.48. The summed E-state index contributed by atoms with van der Waals surface area (Å²) in [4.78, 5) is 13.2. The Morgan fingerprint density at radius 2 is 1.80 bits per heavy atom. The zero-order valence-corrected chi connectivity index (χ0v) is 13.1. The SMILES string of the molecule is CSc1ccc(C(=O)C=Cc2cc(Cl)ccc2Cl)cc1. The lowest BCUT2D eigenvalue weighted by Crippen LogP contribution is -1.93. The first kappa shape index (κ1) is 15.2. The molecule has 1 nitrogen and oxygen atoms in total. The lowest BCUT2D eigenvalue weighted by atomic mass is 10.1. The predicted molar refractivity (Wildman–Crippen MR) is 88.0 cm³/mol.